The van der Waals surface area contributed by atoms with Gasteiger partial charge in [0.1, 0.15) is 17.7 Å². The number of aliphatic hydroxyl groups is 1. The number of carbonyl (C=O) groups excluding carboxylic acids is 1. The standard InChI is InChI=1S/C13H13ClN4O3S/c1-13(2,21)12-16-17(5-10(15)19)11(20)7-3-8-6(18(7)12)4-9(14)22-8/h3-4,21H,5H2,1-2H3,(H2,15,19). The van der Waals surface area contributed by atoms with Crippen LogP contribution in [0, 0.1) is 0 Å². The van der Waals surface area contributed by atoms with Crippen molar-refractivity contribution in [1.82, 2.24) is 14.2 Å². The average molecular weight is 341 g/mol. The van der Waals surface area contributed by atoms with Gasteiger partial charge < -0.3 is 10.8 Å². The molecule has 0 atom stereocenters. The molecule has 22 heavy (non-hydrogen) atoms. The molecule has 3 aromatic heterocycles. The number of carbonyl (C=O) groups is 1. The molecule has 9 heteroatoms. The zero-order chi connectivity index (χ0) is 16.2. The summed E-state index contributed by atoms with van der Waals surface area (Å²) < 4.78 is 3.90. The van der Waals surface area contributed by atoms with Crippen LogP contribution in [-0.2, 0) is 16.9 Å². The molecule has 0 saturated carbocycles. The largest absolute Gasteiger partial charge is 0.382 e. The topological polar surface area (TPSA) is 103 Å². The normalized spacial score (nSPS) is 12.4. The number of nitrogens with zero attached hydrogens (tertiary/aromatic N) is 3. The average Bonchev–Trinajstić information content (AvgIpc) is 2.87. The molecule has 3 heterocycles. The minimum absolute atomic E-state index is 0.229. The van der Waals surface area contributed by atoms with Crippen molar-refractivity contribution in [2.45, 2.75) is 26.0 Å². The maximum Gasteiger partial charge on any atom is 0.291 e. The van der Waals surface area contributed by atoms with E-state index in [1.54, 1.807) is 30.4 Å². The van der Waals surface area contributed by atoms with E-state index in [1.165, 1.54) is 11.3 Å². The number of aromatic nitrogens is 3. The van der Waals surface area contributed by atoms with Crippen LogP contribution < -0.4 is 11.3 Å². The van der Waals surface area contributed by atoms with Gasteiger partial charge in [-0.1, -0.05) is 11.6 Å². The lowest BCUT2D eigenvalue weighted by Crippen LogP contribution is -2.35. The summed E-state index contributed by atoms with van der Waals surface area (Å²) in [5.41, 5.74) is 4.37. The number of hydrogen-bond donors (Lipinski definition) is 2. The zero-order valence-corrected chi connectivity index (χ0v) is 13.4. The molecule has 7 nitrogen and oxygen atoms in total. The van der Waals surface area contributed by atoms with Gasteiger partial charge in [0.25, 0.3) is 5.56 Å². The SMILES string of the molecule is CC(C)(O)c1nn(CC(N)=O)c(=O)c2cc3sc(Cl)cc3n12. The molecule has 3 rings (SSSR count). The molecule has 0 aliphatic heterocycles. The van der Waals surface area contributed by atoms with Crippen LogP contribution in [-0.4, -0.2) is 25.2 Å². The Morgan fingerprint density at radius 2 is 2.14 bits per heavy atom. The molecule has 0 fully saturated rings. The third-order valence-electron chi connectivity index (χ3n) is 3.19. The third kappa shape index (κ3) is 2.29. The molecule has 0 bridgehead atoms. The van der Waals surface area contributed by atoms with Gasteiger partial charge in [-0.05, 0) is 26.0 Å². The first kappa shape index (κ1) is 15.0. The molecule has 0 aliphatic carbocycles. The fourth-order valence-electron chi connectivity index (χ4n) is 2.34. The van der Waals surface area contributed by atoms with Crippen LogP contribution in [0.4, 0.5) is 0 Å². The first-order valence-electron chi connectivity index (χ1n) is 6.41. The predicted octanol–water partition coefficient (Wildman–Crippen LogP) is 1.08. The van der Waals surface area contributed by atoms with Crippen molar-refractivity contribution in [3.05, 3.63) is 32.6 Å². The van der Waals surface area contributed by atoms with Gasteiger partial charge in [0.15, 0.2) is 5.82 Å². The monoisotopic (exact) mass is 340 g/mol. The van der Waals surface area contributed by atoms with Crippen molar-refractivity contribution in [2.24, 2.45) is 5.73 Å². The highest BCUT2D eigenvalue weighted by molar-refractivity contribution is 7.22. The van der Waals surface area contributed by atoms with Crippen molar-refractivity contribution in [1.29, 1.82) is 0 Å². The van der Waals surface area contributed by atoms with Crippen molar-refractivity contribution in [3.8, 4) is 0 Å². The van der Waals surface area contributed by atoms with Crippen molar-refractivity contribution in [2.75, 3.05) is 0 Å². The molecule has 0 aromatic carbocycles. The Morgan fingerprint density at radius 1 is 1.45 bits per heavy atom. The highest BCUT2D eigenvalue weighted by Crippen LogP contribution is 2.33. The Bertz CT molecular complexity index is 964. The fourth-order valence-corrected chi connectivity index (χ4v) is 3.49. The van der Waals surface area contributed by atoms with E-state index in [1.807, 2.05) is 0 Å². The van der Waals surface area contributed by atoms with E-state index in [0.717, 1.165) is 9.38 Å². The summed E-state index contributed by atoms with van der Waals surface area (Å²) in [6, 6.07) is 3.38. The van der Waals surface area contributed by atoms with Gasteiger partial charge in [0, 0.05) is 0 Å². The Labute approximate surface area is 133 Å². The lowest BCUT2D eigenvalue weighted by Gasteiger charge is -2.19. The molecule has 1 amide bonds. The Balaban J connectivity index is 2.48. The van der Waals surface area contributed by atoms with Crippen LogP contribution in [0.2, 0.25) is 4.34 Å². The number of thiophene rings is 1. The van der Waals surface area contributed by atoms with E-state index in [9.17, 15) is 14.7 Å². The number of nitrogens with two attached hydrogens (primary N) is 1. The molecule has 0 spiro atoms. The Morgan fingerprint density at radius 3 is 2.73 bits per heavy atom. The zero-order valence-electron chi connectivity index (χ0n) is 11.8. The second kappa shape index (κ2) is 4.80. The molecular formula is C13H13ClN4O3S. The van der Waals surface area contributed by atoms with Crippen molar-refractivity contribution >= 4 is 44.6 Å². The lowest BCUT2D eigenvalue weighted by atomic mass is 10.1. The van der Waals surface area contributed by atoms with Crippen molar-refractivity contribution < 1.29 is 9.90 Å². The van der Waals surface area contributed by atoms with Crippen LogP contribution >= 0.6 is 22.9 Å². The molecule has 0 unspecified atom stereocenters. The summed E-state index contributed by atoms with van der Waals surface area (Å²) in [6.45, 7) is 2.75. The summed E-state index contributed by atoms with van der Waals surface area (Å²) >= 11 is 7.33. The second-order valence-corrected chi connectivity index (χ2v) is 7.19. The smallest absolute Gasteiger partial charge is 0.291 e. The van der Waals surface area contributed by atoms with E-state index in [2.05, 4.69) is 5.10 Å². The molecular weight excluding hydrogens is 328 g/mol. The fraction of sp³-hybridized carbons (Fsp3) is 0.308. The Hall–Kier alpha value is -1.90. The highest BCUT2D eigenvalue weighted by atomic mass is 35.5. The van der Waals surface area contributed by atoms with E-state index in [4.69, 9.17) is 17.3 Å². The number of primary amides is 1. The number of halogens is 1. The lowest BCUT2D eigenvalue weighted by molar-refractivity contribution is -0.118. The Kier molecular flexibility index (Phi) is 3.28. The highest BCUT2D eigenvalue weighted by Gasteiger charge is 2.26. The van der Waals surface area contributed by atoms with E-state index in [-0.39, 0.29) is 12.4 Å². The van der Waals surface area contributed by atoms with Crippen LogP contribution in [0.1, 0.15) is 19.7 Å². The van der Waals surface area contributed by atoms with E-state index < -0.39 is 17.1 Å². The number of fused-ring (bicyclic) bond motifs is 3. The summed E-state index contributed by atoms with van der Waals surface area (Å²) in [5.74, 6) is -0.454. The number of hydrogen-bond acceptors (Lipinski definition) is 5. The van der Waals surface area contributed by atoms with Crippen molar-refractivity contribution in [3.63, 3.8) is 0 Å². The minimum atomic E-state index is -1.33. The summed E-state index contributed by atoms with van der Waals surface area (Å²) in [6.07, 6.45) is 0. The molecule has 116 valence electrons. The quantitative estimate of drug-likeness (QED) is 0.744. The van der Waals surface area contributed by atoms with Gasteiger partial charge in [-0.15, -0.1) is 11.3 Å². The van der Waals surface area contributed by atoms with E-state index >= 15 is 0 Å². The maximum absolute atomic E-state index is 12.5. The number of amides is 1. The first-order valence-corrected chi connectivity index (χ1v) is 7.60. The van der Waals surface area contributed by atoms with Crippen LogP contribution in [0.25, 0.3) is 15.7 Å². The molecule has 3 aromatic rings. The minimum Gasteiger partial charge on any atom is -0.382 e. The van der Waals surface area contributed by atoms with Crippen LogP contribution in [0.5, 0.6) is 0 Å². The van der Waals surface area contributed by atoms with Gasteiger partial charge in [0.05, 0.1) is 14.6 Å². The van der Waals surface area contributed by atoms with Gasteiger partial charge in [-0.2, -0.15) is 5.10 Å². The van der Waals surface area contributed by atoms with Gasteiger partial charge >= 0.3 is 0 Å². The maximum atomic E-state index is 12.5. The molecule has 0 radical (unpaired) electrons. The summed E-state index contributed by atoms with van der Waals surface area (Å²) in [5, 5.41) is 14.5. The van der Waals surface area contributed by atoms with E-state index in [0.29, 0.717) is 15.4 Å². The number of rotatable bonds is 3. The van der Waals surface area contributed by atoms with Gasteiger partial charge in [-0.25, -0.2) is 4.68 Å². The third-order valence-corrected chi connectivity index (χ3v) is 4.39. The van der Waals surface area contributed by atoms with Crippen LogP contribution in [0.15, 0.2) is 16.9 Å². The van der Waals surface area contributed by atoms with Gasteiger partial charge in [-0.3, -0.25) is 14.0 Å². The van der Waals surface area contributed by atoms with Gasteiger partial charge in [0.2, 0.25) is 5.91 Å². The molecule has 0 aliphatic rings. The predicted molar refractivity (Wildman–Crippen MR) is 84.3 cm³/mol. The summed E-state index contributed by atoms with van der Waals surface area (Å²) in [4.78, 5) is 23.6. The second-order valence-electron chi connectivity index (χ2n) is 5.48. The molecule has 0 saturated heterocycles. The first-order chi connectivity index (χ1) is 10.2. The van der Waals surface area contributed by atoms with Crippen LogP contribution in [0.3, 0.4) is 0 Å². The summed E-state index contributed by atoms with van der Waals surface area (Å²) in [7, 11) is 0. The molecule has 3 N–H and O–H groups in total.